The molecule has 0 saturated carbocycles. The molecule has 30 heavy (non-hydrogen) atoms. The van der Waals surface area contributed by atoms with Gasteiger partial charge in [0.2, 0.25) is 0 Å². The summed E-state index contributed by atoms with van der Waals surface area (Å²) in [5, 5.41) is 9.00. The van der Waals surface area contributed by atoms with Crippen LogP contribution in [0.2, 0.25) is 0 Å². The van der Waals surface area contributed by atoms with E-state index in [0.29, 0.717) is 17.0 Å². The van der Waals surface area contributed by atoms with Crippen LogP contribution in [0, 0.1) is 11.3 Å². The van der Waals surface area contributed by atoms with E-state index in [4.69, 9.17) is 10.00 Å². The van der Waals surface area contributed by atoms with Gasteiger partial charge in [-0.25, -0.2) is 8.42 Å². The lowest BCUT2D eigenvalue weighted by atomic mass is 10.2. The quantitative estimate of drug-likeness (QED) is 0.576. The normalized spacial score (nSPS) is 10.9. The largest absolute Gasteiger partial charge is 0.497 e. The summed E-state index contributed by atoms with van der Waals surface area (Å²) in [6, 6.07) is 22.6. The Morgan fingerprint density at radius 2 is 1.43 bits per heavy atom. The van der Waals surface area contributed by atoms with Crippen molar-refractivity contribution >= 4 is 21.4 Å². The standard InChI is InChI=1S/C23H23N3O3S/c1-25(2)20-8-4-19(5-9-20)17-26(21-10-12-22(29-3)13-11-21)30(27,28)23-14-6-18(16-24)7-15-23/h4-15H,17H2,1-3H3. The third-order valence-electron chi connectivity index (χ3n) is 4.71. The zero-order valence-electron chi connectivity index (χ0n) is 17.1. The molecule has 3 rings (SSSR count). The highest BCUT2D eigenvalue weighted by Gasteiger charge is 2.25. The van der Waals surface area contributed by atoms with Gasteiger partial charge >= 0.3 is 0 Å². The van der Waals surface area contributed by atoms with Crippen molar-refractivity contribution in [3.05, 3.63) is 83.9 Å². The van der Waals surface area contributed by atoms with Gasteiger partial charge in [-0.05, 0) is 66.2 Å². The second kappa shape index (κ2) is 8.89. The maximum Gasteiger partial charge on any atom is 0.264 e. The highest BCUT2D eigenvalue weighted by molar-refractivity contribution is 7.92. The van der Waals surface area contributed by atoms with Crippen LogP contribution in [0.25, 0.3) is 0 Å². The number of hydrogen-bond donors (Lipinski definition) is 0. The molecule has 0 aliphatic heterocycles. The maximum atomic E-state index is 13.5. The lowest BCUT2D eigenvalue weighted by Gasteiger charge is -2.25. The molecule has 0 unspecified atom stereocenters. The molecule has 3 aromatic rings. The van der Waals surface area contributed by atoms with Crippen molar-refractivity contribution in [3.63, 3.8) is 0 Å². The number of sulfonamides is 1. The van der Waals surface area contributed by atoms with E-state index in [1.807, 2.05) is 49.3 Å². The molecule has 0 aliphatic carbocycles. The Balaban J connectivity index is 2.02. The highest BCUT2D eigenvalue weighted by atomic mass is 32.2. The monoisotopic (exact) mass is 421 g/mol. The molecule has 0 radical (unpaired) electrons. The number of nitriles is 1. The molecule has 0 saturated heterocycles. The van der Waals surface area contributed by atoms with E-state index in [-0.39, 0.29) is 11.4 Å². The van der Waals surface area contributed by atoms with E-state index in [1.54, 1.807) is 31.4 Å². The number of methoxy groups -OCH3 is 1. The molecule has 6 nitrogen and oxygen atoms in total. The molecule has 154 valence electrons. The van der Waals surface area contributed by atoms with Crippen molar-refractivity contribution in [1.82, 2.24) is 0 Å². The molecule has 0 bridgehead atoms. The van der Waals surface area contributed by atoms with Crippen molar-refractivity contribution in [1.29, 1.82) is 5.26 Å². The molecule has 3 aromatic carbocycles. The van der Waals surface area contributed by atoms with Gasteiger partial charge in [0.25, 0.3) is 10.0 Å². The molecular weight excluding hydrogens is 398 g/mol. The lowest BCUT2D eigenvalue weighted by Crippen LogP contribution is -2.30. The molecule has 0 atom stereocenters. The van der Waals surface area contributed by atoms with E-state index in [2.05, 4.69) is 0 Å². The van der Waals surface area contributed by atoms with Crippen molar-refractivity contribution < 1.29 is 13.2 Å². The van der Waals surface area contributed by atoms with Crippen LogP contribution in [0.4, 0.5) is 11.4 Å². The minimum Gasteiger partial charge on any atom is -0.497 e. The molecule has 0 spiro atoms. The predicted octanol–water partition coefficient (Wildman–Crippen LogP) is 4.03. The summed E-state index contributed by atoms with van der Waals surface area (Å²) in [6.07, 6.45) is 0. The molecule has 0 amide bonds. The SMILES string of the molecule is COc1ccc(N(Cc2ccc(N(C)C)cc2)S(=O)(=O)c2ccc(C#N)cc2)cc1. The Labute approximate surface area is 177 Å². The van der Waals surface area contributed by atoms with Crippen molar-refractivity contribution in [3.8, 4) is 11.8 Å². The zero-order valence-corrected chi connectivity index (χ0v) is 17.9. The van der Waals surface area contributed by atoms with Crippen LogP contribution in [-0.4, -0.2) is 29.6 Å². The second-order valence-corrected chi connectivity index (χ2v) is 8.77. The first-order valence-electron chi connectivity index (χ1n) is 9.28. The highest BCUT2D eigenvalue weighted by Crippen LogP contribution is 2.28. The molecule has 7 heteroatoms. The maximum absolute atomic E-state index is 13.5. The summed E-state index contributed by atoms with van der Waals surface area (Å²) >= 11 is 0. The van der Waals surface area contributed by atoms with Gasteiger partial charge in [-0.1, -0.05) is 12.1 Å². The van der Waals surface area contributed by atoms with Crippen LogP contribution >= 0.6 is 0 Å². The van der Waals surface area contributed by atoms with Crippen molar-refractivity contribution in [2.45, 2.75) is 11.4 Å². The number of ether oxygens (including phenoxy) is 1. The van der Waals surface area contributed by atoms with Gasteiger partial charge in [0.05, 0.1) is 35.9 Å². The zero-order chi connectivity index (χ0) is 21.7. The summed E-state index contributed by atoms with van der Waals surface area (Å²) in [5.41, 5.74) is 2.82. The van der Waals surface area contributed by atoms with Crippen LogP contribution in [0.5, 0.6) is 5.75 Å². The summed E-state index contributed by atoms with van der Waals surface area (Å²) in [4.78, 5) is 2.11. The molecule has 0 aromatic heterocycles. The minimum absolute atomic E-state index is 0.127. The topological polar surface area (TPSA) is 73.6 Å². The lowest BCUT2D eigenvalue weighted by molar-refractivity contribution is 0.415. The van der Waals surface area contributed by atoms with E-state index in [1.165, 1.54) is 28.6 Å². The van der Waals surface area contributed by atoms with Gasteiger partial charge < -0.3 is 9.64 Å². The Morgan fingerprint density at radius 3 is 1.93 bits per heavy atom. The predicted molar refractivity (Wildman–Crippen MR) is 118 cm³/mol. The Bertz CT molecular complexity index is 1130. The van der Waals surface area contributed by atoms with Gasteiger partial charge in [-0.3, -0.25) is 4.31 Å². The van der Waals surface area contributed by atoms with Gasteiger partial charge in [0.15, 0.2) is 0 Å². The number of anilines is 2. The van der Waals surface area contributed by atoms with Gasteiger partial charge in [-0.2, -0.15) is 5.26 Å². The molecule has 0 heterocycles. The fourth-order valence-corrected chi connectivity index (χ4v) is 4.41. The van der Waals surface area contributed by atoms with E-state index in [9.17, 15) is 8.42 Å². The third-order valence-corrected chi connectivity index (χ3v) is 6.50. The first-order valence-corrected chi connectivity index (χ1v) is 10.7. The molecule has 0 fully saturated rings. The van der Waals surface area contributed by atoms with Crippen molar-refractivity contribution in [2.24, 2.45) is 0 Å². The Hall–Kier alpha value is -3.50. The average molecular weight is 422 g/mol. The van der Waals surface area contributed by atoms with Crippen LogP contribution in [0.3, 0.4) is 0 Å². The minimum atomic E-state index is -3.85. The average Bonchev–Trinajstić information content (AvgIpc) is 2.77. The third kappa shape index (κ3) is 4.56. The smallest absolute Gasteiger partial charge is 0.264 e. The van der Waals surface area contributed by atoms with E-state index >= 15 is 0 Å². The molecule has 0 N–H and O–H groups in total. The number of rotatable bonds is 7. The number of hydrogen-bond acceptors (Lipinski definition) is 5. The van der Waals surface area contributed by atoms with Gasteiger partial charge in [0, 0.05) is 19.8 Å². The summed E-state index contributed by atoms with van der Waals surface area (Å²) in [5.74, 6) is 0.643. The Kier molecular flexibility index (Phi) is 6.28. The summed E-state index contributed by atoms with van der Waals surface area (Å²) in [6.45, 7) is 0.169. The van der Waals surface area contributed by atoms with Crippen molar-refractivity contribution in [2.75, 3.05) is 30.4 Å². The number of benzene rings is 3. The molecular formula is C23H23N3O3S. The van der Waals surface area contributed by atoms with Crippen LogP contribution in [0.15, 0.2) is 77.7 Å². The van der Waals surface area contributed by atoms with Crippen LogP contribution < -0.4 is 13.9 Å². The van der Waals surface area contributed by atoms with Gasteiger partial charge in [0.1, 0.15) is 5.75 Å². The second-order valence-electron chi connectivity index (χ2n) is 6.91. The van der Waals surface area contributed by atoms with E-state index < -0.39 is 10.0 Å². The summed E-state index contributed by atoms with van der Waals surface area (Å²) < 4.78 is 33.5. The summed E-state index contributed by atoms with van der Waals surface area (Å²) in [7, 11) is 1.62. The van der Waals surface area contributed by atoms with Crippen LogP contribution in [0.1, 0.15) is 11.1 Å². The molecule has 0 aliphatic rings. The Morgan fingerprint density at radius 1 is 0.867 bits per heavy atom. The van der Waals surface area contributed by atoms with Gasteiger partial charge in [-0.15, -0.1) is 0 Å². The first-order chi connectivity index (χ1) is 14.3. The van der Waals surface area contributed by atoms with Crippen LogP contribution in [-0.2, 0) is 16.6 Å². The number of nitrogens with zero attached hydrogens (tertiary/aromatic N) is 3. The first kappa shape index (κ1) is 21.2. The van der Waals surface area contributed by atoms with E-state index in [0.717, 1.165) is 11.3 Å². The fourth-order valence-electron chi connectivity index (χ4n) is 2.96. The fraction of sp³-hybridized carbons (Fsp3) is 0.174.